The van der Waals surface area contributed by atoms with Crippen LogP contribution in [0.4, 0.5) is 0 Å². The van der Waals surface area contributed by atoms with Gasteiger partial charge in [0, 0.05) is 41.4 Å². The molecule has 9 heteroatoms. The summed E-state index contributed by atoms with van der Waals surface area (Å²) in [4.78, 5) is 4.51. The first-order valence-corrected chi connectivity index (χ1v) is 12.1. The summed E-state index contributed by atoms with van der Waals surface area (Å²) < 4.78 is 37.9. The standard InChI is InChI=1S/C18H30N4O3S2/c1-4-26(23)16-7-5-6-15(12-16)22-18(19-2)21-13-14-8-10-17(11-9-14)27(24,25)20-3/h8-11,15-16,20H,4-7,12-13H2,1-3H3,(H2,19,21,22). The zero-order chi connectivity index (χ0) is 19.9. The second-order valence-corrected chi connectivity index (χ2v) is 10.5. The highest BCUT2D eigenvalue weighted by Gasteiger charge is 2.26. The van der Waals surface area contributed by atoms with Crippen LogP contribution < -0.4 is 15.4 Å². The lowest BCUT2D eigenvalue weighted by Crippen LogP contribution is -2.46. The minimum Gasteiger partial charge on any atom is -0.354 e. The lowest BCUT2D eigenvalue weighted by Gasteiger charge is -2.30. The minimum absolute atomic E-state index is 0.244. The molecular weight excluding hydrogens is 384 g/mol. The van der Waals surface area contributed by atoms with Gasteiger partial charge in [0.15, 0.2) is 5.96 Å². The molecule has 1 aromatic carbocycles. The molecule has 0 saturated heterocycles. The van der Waals surface area contributed by atoms with Gasteiger partial charge in [0.05, 0.1) is 4.90 Å². The molecule has 1 fully saturated rings. The topological polar surface area (TPSA) is 99.7 Å². The zero-order valence-electron chi connectivity index (χ0n) is 16.2. The Bertz CT molecular complexity index is 763. The molecule has 3 unspecified atom stereocenters. The van der Waals surface area contributed by atoms with Gasteiger partial charge in [-0.3, -0.25) is 9.20 Å². The van der Waals surface area contributed by atoms with Crippen molar-refractivity contribution in [2.24, 2.45) is 4.99 Å². The molecule has 2 rings (SSSR count). The molecule has 0 amide bonds. The fourth-order valence-corrected chi connectivity index (χ4v) is 5.31. The van der Waals surface area contributed by atoms with E-state index in [1.54, 1.807) is 31.3 Å². The number of rotatable bonds is 7. The number of nitrogens with zero attached hydrogens (tertiary/aromatic N) is 1. The van der Waals surface area contributed by atoms with E-state index in [2.05, 4.69) is 20.3 Å². The van der Waals surface area contributed by atoms with Gasteiger partial charge in [-0.2, -0.15) is 0 Å². The van der Waals surface area contributed by atoms with Crippen LogP contribution in [0, 0.1) is 0 Å². The number of benzene rings is 1. The molecule has 27 heavy (non-hydrogen) atoms. The molecule has 0 aromatic heterocycles. The lowest BCUT2D eigenvalue weighted by atomic mass is 9.95. The summed E-state index contributed by atoms with van der Waals surface area (Å²) in [5.74, 6) is 1.42. The van der Waals surface area contributed by atoms with Gasteiger partial charge in [-0.1, -0.05) is 25.5 Å². The fourth-order valence-electron chi connectivity index (χ4n) is 3.23. The van der Waals surface area contributed by atoms with E-state index >= 15 is 0 Å². The highest BCUT2D eigenvalue weighted by Crippen LogP contribution is 2.23. The normalized spacial score (nSPS) is 22.3. The van der Waals surface area contributed by atoms with E-state index in [4.69, 9.17) is 0 Å². The monoisotopic (exact) mass is 414 g/mol. The molecule has 1 saturated carbocycles. The first-order valence-electron chi connectivity index (χ1n) is 9.26. The fraction of sp³-hybridized carbons (Fsp3) is 0.611. The molecule has 0 bridgehead atoms. The summed E-state index contributed by atoms with van der Waals surface area (Å²) in [7, 11) is -1.05. The molecular formula is C18H30N4O3S2. The number of aliphatic imine (C=N–C) groups is 1. The maximum Gasteiger partial charge on any atom is 0.240 e. The molecule has 1 aliphatic rings. The van der Waals surface area contributed by atoms with Gasteiger partial charge in [-0.05, 0) is 44.0 Å². The maximum atomic E-state index is 12.1. The zero-order valence-corrected chi connectivity index (χ0v) is 17.8. The van der Waals surface area contributed by atoms with Crippen molar-refractivity contribution < 1.29 is 12.6 Å². The van der Waals surface area contributed by atoms with Gasteiger partial charge in [-0.25, -0.2) is 13.1 Å². The van der Waals surface area contributed by atoms with E-state index in [-0.39, 0.29) is 16.2 Å². The summed E-state index contributed by atoms with van der Waals surface area (Å²) in [6.07, 6.45) is 4.06. The van der Waals surface area contributed by atoms with Crippen LogP contribution in [0.3, 0.4) is 0 Å². The molecule has 7 nitrogen and oxygen atoms in total. The van der Waals surface area contributed by atoms with Crippen LogP contribution in [0.5, 0.6) is 0 Å². The minimum atomic E-state index is -3.42. The van der Waals surface area contributed by atoms with Gasteiger partial charge in [0.1, 0.15) is 0 Å². The summed E-state index contributed by atoms with van der Waals surface area (Å²) in [5, 5.41) is 6.95. The van der Waals surface area contributed by atoms with Gasteiger partial charge in [0.2, 0.25) is 10.0 Å². The van der Waals surface area contributed by atoms with Crippen LogP contribution in [0.25, 0.3) is 0 Å². The highest BCUT2D eigenvalue weighted by atomic mass is 32.2. The summed E-state index contributed by atoms with van der Waals surface area (Å²) in [6, 6.07) is 7.01. The second kappa shape index (κ2) is 10.2. The predicted octanol–water partition coefficient (Wildman–Crippen LogP) is 1.34. The average Bonchev–Trinajstić information content (AvgIpc) is 2.70. The molecule has 152 valence electrons. The summed E-state index contributed by atoms with van der Waals surface area (Å²) in [6.45, 7) is 2.51. The Morgan fingerprint density at radius 1 is 1.26 bits per heavy atom. The van der Waals surface area contributed by atoms with Crippen molar-refractivity contribution in [1.29, 1.82) is 0 Å². The molecule has 1 aromatic rings. The second-order valence-electron chi connectivity index (χ2n) is 6.58. The average molecular weight is 415 g/mol. The number of hydrogen-bond donors (Lipinski definition) is 3. The Kier molecular flexibility index (Phi) is 8.25. The predicted molar refractivity (Wildman–Crippen MR) is 111 cm³/mol. The molecule has 3 atom stereocenters. The number of hydrogen-bond acceptors (Lipinski definition) is 4. The first-order chi connectivity index (χ1) is 12.9. The Morgan fingerprint density at radius 3 is 2.56 bits per heavy atom. The molecule has 0 aliphatic heterocycles. The largest absolute Gasteiger partial charge is 0.354 e. The van der Waals surface area contributed by atoms with Crippen molar-refractivity contribution in [3.63, 3.8) is 0 Å². The van der Waals surface area contributed by atoms with Crippen molar-refractivity contribution in [1.82, 2.24) is 15.4 Å². The van der Waals surface area contributed by atoms with Crippen LogP contribution in [0.2, 0.25) is 0 Å². The van der Waals surface area contributed by atoms with Crippen molar-refractivity contribution >= 4 is 26.8 Å². The van der Waals surface area contributed by atoms with E-state index in [9.17, 15) is 12.6 Å². The van der Waals surface area contributed by atoms with Gasteiger partial charge in [0.25, 0.3) is 0 Å². The Balaban J connectivity index is 1.89. The van der Waals surface area contributed by atoms with Gasteiger partial charge >= 0.3 is 0 Å². The molecule has 0 heterocycles. The van der Waals surface area contributed by atoms with Crippen LogP contribution in [0.1, 0.15) is 38.2 Å². The smallest absolute Gasteiger partial charge is 0.240 e. The molecule has 3 N–H and O–H groups in total. The van der Waals surface area contributed by atoms with Crippen molar-refractivity contribution in [2.75, 3.05) is 19.8 Å². The van der Waals surface area contributed by atoms with Crippen LogP contribution in [-0.4, -0.2) is 49.7 Å². The third-order valence-corrected chi connectivity index (χ3v) is 7.98. The van der Waals surface area contributed by atoms with E-state index < -0.39 is 20.8 Å². The molecule has 1 aliphatic carbocycles. The summed E-state index contributed by atoms with van der Waals surface area (Å²) >= 11 is 0. The van der Waals surface area contributed by atoms with E-state index in [1.165, 1.54) is 7.05 Å². The van der Waals surface area contributed by atoms with E-state index in [0.717, 1.165) is 31.2 Å². The van der Waals surface area contributed by atoms with Gasteiger partial charge in [-0.15, -0.1) is 0 Å². The van der Waals surface area contributed by atoms with E-state index in [0.29, 0.717) is 18.3 Å². The maximum absolute atomic E-state index is 12.1. The molecule has 0 radical (unpaired) electrons. The van der Waals surface area contributed by atoms with Gasteiger partial charge < -0.3 is 10.6 Å². The summed E-state index contributed by atoms with van der Waals surface area (Å²) in [5.41, 5.74) is 0.960. The third-order valence-electron chi connectivity index (χ3n) is 4.81. The number of guanidine groups is 1. The lowest BCUT2D eigenvalue weighted by molar-refractivity contribution is 0.413. The quantitative estimate of drug-likeness (QED) is 0.462. The third kappa shape index (κ3) is 6.29. The number of nitrogens with one attached hydrogen (secondary N) is 3. The Labute approximate surface area is 164 Å². The van der Waals surface area contributed by atoms with Crippen LogP contribution >= 0.6 is 0 Å². The highest BCUT2D eigenvalue weighted by molar-refractivity contribution is 7.89. The van der Waals surface area contributed by atoms with Crippen molar-refractivity contribution in [3.05, 3.63) is 29.8 Å². The SMILES string of the molecule is CCS(=O)C1CCCC(NC(=NC)NCc2ccc(S(=O)(=O)NC)cc2)C1. The molecule has 0 spiro atoms. The Morgan fingerprint density at radius 2 is 1.96 bits per heavy atom. The Hall–Kier alpha value is -1.45. The van der Waals surface area contributed by atoms with Crippen molar-refractivity contribution in [2.45, 2.75) is 55.3 Å². The number of sulfonamides is 1. The first kappa shape index (κ1) is 21.8. The van der Waals surface area contributed by atoms with Crippen LogP contribution in [-0.2, 0) is 27.4 Å². The van der Waals surface area contributed by atoms with E-state index in [1.807, 2.05) is 6.92 Å². The van der Waals surface area contributed by atoms with Crippen LogP contribution in [0.15, 0.2) is 34.2 Å². The van der Waals surface area contributed by atoms with Crippen molar-refractivity contribution in [3.8, 4) is 0 Å².